The van der Waals surface area contributed by atoms with E-state index in [2.05, 4.69) is 5.10 Å². The van der Waals surface area contributed by atoms with E-state index in [1.807, 2.05) is 23.1 Å². The molecule has 1 fully saturated rings. The molecule has 3 rings (SSSR count). The van der Waals surface area contributed by atoms with Crippen LogP contribution in [-0.2, 0) is 9.59 Å². The summed E-state index contributed by atoms with van der Waals surface area (Å²) in [7, 11) is 4.83. The summed E-state index contributed by atoms with van der Waals surface area (Å²) < 4.78 is 10.8. The minimum absolute atomic E-state index is 0.0658. The molecular weight excluding hydrogens is 322 g/mol. The molecule has 7 heteroatoms. The van der Waals surface area contributed by atoms with Crippen LogP contribution in [0.3, 0.4) is 0 Å². The summed E-state index contributed by atoms with van der Waals surface area (Å²) in [5, 5.41) is 5.42. The highest BCUT2D eigenvalue weighted by atomic mass is 16.5. The molecule has 25 heavy (non-hydrogen) atoms. The van der Waals surface area contributed by atoms with Gasteiger partial charge >= 0.3 is 0 Å². The molecule has 1 aromatic carbocycles. The Morgan fingerprint density at radius 3 is 2.72 bits per heavy atom. The minimum atomic E-state index is -0.105. The van der Waals surface area contributed by atoms with Crippen LogP contribution in [0.4, 0.5) is 0 Å². The Morgan fingerprint density at radius 1 is 1.24 bits per heavy atom. The monoisotopic (exact) mass is 345 g/mol. The molecule has 0 bridgehead atoms. The first-order valence-corrected chi connectivity index (χ1v) is 8.42. The first-order valence-electron chi connectivity index (χ1n) is 8.42. The van der Waals surface area contributed by atoms with Gasteiger partial charge in [0.05, 0.1) is 20.3 Å². The van der Waals surface area contributed by atoms with Crippen molar-refractivity contribution in [1.82, 2.24) is 9.91 Å². The summed E-state index contributed by atoms with van der Waals surface area (Å²) in [5.41, 5.74) is 1.38. The van der Waals surface area contributed by atoms with Crippen LogP contribution in [0.15, 0.2) is 23.3 Å². The van der Waals surface area contributed by atoms with Crippen molar-refractivity contribution in [3.8, 4) is 11.5 Å². The van der Waals surface area contributed by atoms with Gasteiger partial charge in [0, 0.05) is 32.0 Å². The van der Waals surface area contributed by atoms with Gasteiger partial charge in [0.2, 0.25) is 5.91 Å². The fourth-order valence-electron chi connectivity index (χ4n) is 3.42. The Kier molecular flexibility index (Phi) is 4.92. The number of carbonyl (C=O) groups excluding carboxylic acids is 2. The molecule has 0 saturated carbocycles. The number of carbonyl (C=O) groups is 2. The van der Waals surface area contributed by atoms with Gasteiger partial charge in [-0.25, -0.2) is 5.01 Å². The van der Waals surface area contributed by atoms with Crippen LogP contribution in [0.5, 0.6) is 11.5 Å². The molecule has 2 aliphatic heterocycles. The van der Waals surface area contributed by atoms with Crippen LogP contribution in [0.1, 0.15) is 37.3 Å². The molecule has 0 radical (unpaired) electrons. The molecule has 1 aromatic rings. The van der Waals surface area contributed by atoms with Gasteiger partial charge in [0.1, 0.15) is 17.2 Å². The van der Waals surface area contributed by atoms with Gasteiger partial charge in [0.15, 0.2) is 0 Å². The molecule has 2 heterocycles. The lowest BCUT2D eigenvalue weighted by atomic mass is 10.0. The van der Waals surface area contributed by atoms with E-state index >= 15 is 0 Å². The first kappa shape index (κ1) is 17.3. The van der Waals surface area contributed by atoms with Gasteiger partial charge in [-0.3, -0.25) is 9.59 Å². The van der Waals surface area contributed by atoms with Gasteiger partial charge in [-0.1, -0.05) is 0 Å². The maximum absolute atomic E-state index is 13.0. The van der Waals surface area contributed by atoms with Crippen molar-refractivity contribution in [3.63, 3.8) is 0 Å². The molecule has 134 valence electrons. The van der Waals surface area contributed by atoms with Gasteiger partial charge in [0.25, 0.3) is 5.91 Å². The zero-order valence-electron chi connectivity index (χ0n) is 14.8. The van der Waals surface area contributed by atoms with Crippen LogP contribution in [0.2, 0.25) is 0 Å². The van der Waals surface area contributed by atoms with E-state index in [0.717, 1.165) is 29.9 Å². The number of amides is 2. The van der Waals surface area contributed by atoms with Gasteiger partial charge in [-0.05, 0) is 31.0 Å². The quantitative estimate of drug-likeness (QED) is 0.836. The van der Waals surface area contributed by atoms with E-state index in [1.54, 1.807) is 21.3 Å². The summed E-state index contributed by atoms with van der Waals surface area (Å²) in [6.07, 6.45) is 2.48. The van der Waals surface area contributed by atoms with Crippen molar-refractivity contribution >= 4 is 17.5 Å². The maximum Gasteiger partial charge on any atom is 0.270 e. The molecule has 0 spiro atoms. The third-order valence-corrected chi connectivity index (χ3v) is 4.76. The SMILES string of the molecule is COc1ccc(OC)c([C@H]2CCCN2C(=O)C2=NN(C)C(=O)CC2)c1. The van der Waals surface area contributed by atoms with Crippen molar-refractivity contribution in [1.29, 1.82) is 0 Å². The average Bonchev–Trinajstić information content (AvgIpc) is 3.12. The second-order valence-electron chi connectivity index (χ2n) is 6.23. The summed E-state index contributed by atoms with van der Waals surface area (Å²) in [6, 6.07) is 5.55. The zero-order chi connectivity index (χ0) is 18.0. The van der Waals surface area contributed by atoms with Crippen LogP contribution >= 0.6 is 0 Å². The van der Waals surface area contributed by atoms with Crippen LogP contribution in [0, 0.1) is 0 Å². The Balaban J connectivity index is 1.89. The summed E-state index contributed by atoms with van der Waals surface area (Å²) in [6.45, 7) is 0.667. The highest BCUT2D eigenvalue weighted by molar-refractivity contribution is 6.39. The Hall–Kier alpha value is -2.57. The smallest absolute Gasteiger partial charge is 0.270 e. The van der Waals surface area contributed by atoms with Gasteiger partial charge < -0.3 is 14.4 Å². The topological polar surface area (TPSA) is 71.4 Å². The second kappa shape index (κ2) is 7.13. The third kappa shape index (κ3) is 3.31. The lowest BCUT2D eigenvalue weighted by molar-refractivity contribution is -0.130. The lowest BCUT2D eigenvalue weighted by Crippen LogP contribution is -2.40. The number of rotatable bonds is 4. The number of hydrogen-bond acceptors (Lipinski definition) is 5. The lowest BCUT2D eigenvalue weighted by Gasteiger charge is -2.28. The summed E-state index contributed by atoms with van der Waals surface area (Å²) in [5.74, 6) is 1.30. The molecule has 0 unspecified atom stereocenters. The van der Waals surface area contributed by atoms with Crippen molar-refractivity contribution in [3.05, 3.63) is 23.8 Å². The molecule has 7 nitrogen and oxygen atoms in total. The molecule has 2 aliphatic rings. The van der Waals surface area contributed by atoms with Crippen LogP contribution in [0.25, 0.3) is 0 Å². The number of methoxy groups -OCH3 is 2. The molecular formula is C18H23N3O4. The van der Waals surface area contributed by atoms with Crippen LogP contribution in [-0.4, -0.2) is 55.2 Å². The fourth-order valence-corrected chi connectivity index (χ4v) is 3.42. The average molecular weight is 345 g/mol. The number of nitrogens with zero attached hydrogens (tertiary/aromatic N) is 3. The number of hydrogen-bond donors (Lipinski definition) is 0. The van der Waals surface area contributed by atoms with E-state index in [0.29, 0.717) is 25.1 Å². The first-order chi connectivity index (χ1) is 12.0. The highest BCUT2D eigenvalue weighted by Crippen LogP contribution is 2.39. The van der Waals surface area contributed by atoms with Crippen LogP contribution < -0.4 is 9.47 Å². The standard InChI is InChI=1S/C18H23N3O4/c1-20-17(22)9-7-14(19-20)18(23)21-10-4-5-15(21)13-11-12(24-2)6-8-16(13)25-3/h6,8,11,15H,4-5,7,9-10H2,1-3H3/t15-/m1/s1. The summed E-state index contributed by atoms with van der Waals surface area (Å²) in [4.78, 5) is 26.4. The zero-order valence-corrected chi connectivity index (χ0v) is 14.8. The fraction of sp³-hybridized carbons (Fsp3) is 0.500. The highest BCUT2D eigenvalue weighted by Gasteiger charge is 2.35. The van der Waals surface area contributed by atoms with E-state index < -0.39 is 0 Å². The molecule has 0 aliphatic carbocycles. The van der Waals surface area contributed by atoms with Crippen molar-refractivity contribution in [2.75, 3.05) is 27.8 Å². The van der Waals surface area contributed by atoms with Crippen molar-refractivity contribution < 1.29 is 19.1 Å². The van der Waals surface area contributed by atoms with E-state index in [-0.39, 0.29) is 17.9 Å². The Bertz CT molecular complexity index is 716. The number of ether oxygens (including phenoxy) is 2. The number of hydrazone groups is 1. The second-order valence-corrected chi connectivity index (χ2v) is 6.23. The van der Waals surface area contributed by atoms with Crippen molar-refractivity contribution in [2.24, 2.45) is 5.10 Å². The number of benzene rings is 1. The maximum atomic E-state index is 13.0. The minimum Gasteiger partial charge on any atom is -0.497 e. The molecule has 2 amide bonds. The Morgan fingerprint density at radius 2 is 2.04 bits per heavy atom. The predicted octanol–water partition coefficient (Wildman–Crippen LogP) is 1.98. The van der Waals surface area contributed by atoms with Gasteiger partial charge in [-0.15, -0.1) is 0 Å². The largest absolute Gasteiger partial charge is 0.497 e. The van der Waals surface area contributed by atoms with Crippen molar-refractivity contribution in [2.45, 2.75) is 31.7 Å². The van der Waals surface area contributed by atoms with Gasteiger partial charge in [-0.2, -0.15) is 5.10 Å². The van der Waals surface area contributed by atoms with E-state index in [4.69, 9.17) is 9.47 Å². The Labute approximate surface area is 147 Å². The molecule has 0 N–H and O–H groups in total. The molecule has 0 aromatic heterocycles. The third-order valence-electron chi connectivity index (χ3n) is 4.76. The van der Waals surface area contributed by atoms with E-state index in [9.17, 15) is 9.59 Å². The normalized spacial score (nSPS) is 20.5. The molecule has 1 saturated heterocycles. The summed E-state index contributed by atoms with van der Waals surface area (Å²) >= 11 is 0. The predicted molar refractivity (Wildman–Crippen MR) is 92.7 cm³/mol. The molecule has 1 atom stereocenters. The van der Waals surface area contributed by atoms with E-state index in [1.165, 1.54) is 5.01 Å². The number of likely N-dealkylation sites (tertiary alicyclic amines) is 1.